The monoisotopic (exact) mass is 311 g/mol. The highest BCUT2D eigenvalue weighted by atomic mass is 16.2. The first-order valence-corrected chi connectivity index (χ1v) is 7.18. The van der Waals surface area contributed by atoms with E-state index in [1.807, 2.05) is 30.5 Å². The first-order chi connectivity index (χ1) is 11.3. The van der Waals surface area contributed by atoms with Crippen molar-refractivity contribution in [2.45, 2.75) is 19.3 Å². The summed E-state index contributed by atoms with van der Waals surface area (Å²) in [6.45, 7) is 0. The molecule has 0 aliphatic carbocycles. The molecule has 0 atom stereocenters. The number of nitrogens with zero attached hydrogens (tertiary/aromatic N) is 3. The third kappa shape index (κ3) is 6.04. The maximum atomic E-state index is 10.3. The van der Waals surface area contributed by atoms with E-state index in [0.29, 0.717) is 19.3 Å². The number of piperidine rings is 1. The van der Waals surface area contributed by atoms with Crippen molar-refractivity contribution in [3.8, 4) is 0 Å². The van der Waals surface area contributed by atoms with Crippen molar-refractivity contribution in [1.82, 2.24) is 25.7 Å². The van der Waals surface area contributed by atoms with Crippen molar-refractivity contribution < 1.29 is 9.59 Å². The van der Waals surface area contributed by atoms with Crippen LogP contribution in [0.2, 0.25) is 0 Å². The van der Waals surface area contributed by atoms with E-state index in [0.717, 1.165) is 5.52 Å². The molecule has 1 aromatic carbocycles. The number of pyridine rings is 1. The molecular weight excluding hydrogens is 294 g/mol. The van der Waals surface area contributed by atoms with Crippen LogP contribution in [-0.2, 0) is 9.59 Å². The zero-order valence-corrected chi connectivity index (χ0v) is 12.5. The molecule has 3 aromatic rings. The maximum absolute atomic E-state index is 10.3. The predicted octanol–water partition coefficient (Wildman–Crippen LogP) is 1.85. The highest BCUT2D eigenvalue weighted by Gasteiger charge is 2.12. The van der Waals surface area contributed by atoms with Crippen LogP contribution in [0.25, 0.3) is 10.9 Å². The third-order valence-corrected chi connectivity index (χ3v) is 2.93. The van der Waals surface area contributed by atoms with Crippen molar-refractivity contribution in [3.05, 3.63) is 55.0 Å². The number of para-hydroxylation sites is 1. The van der Waals surface area contributed by atoms with Crippen LogP contribution in [0.3, 0.4) is 0 Å². The van der Waals surface area contributed by atoms with Crippen LogP contribution in [0.5, 0.6) is 0 Å². The number of aromatic amines is 1. The fraction of sp³-hybridized carbons (Fsp3) is 0.188. The van der Waals surface area contributed by atoms with E-state index < -0.39 is 0 Å². The molecule has 2 N–H and O–H groups in total. The number of carbonyl (C=O) groups is 2. The second-order valence-electron chi connectivity index (χ2n) is 4.68. The molecule has 1 aliphatic heterocycles. The summed E-state index contributed by atoms with van der Waals surface area (Å²) in [5, 5.41) is 12.7. The van der Waals surface area contributed by atoms with Crippen LogP contribution in [0.4, 0.5) is 0 Å². The second-order valence-corrected chi connectivity index (χ2v) is 4.68. The number of hydrogen-bond acceptors (Lipinski definition) is 5. The molecule has 1 aliphatic rings. The van der Waals surface area contributed by atoms with Crippen LogP contribution >= 0.6 is 0 Å². The van der Waals surface area contributed by atoms with E-state index in [-0.39, 0.29) is 11.8 Å². The van der Waals surface area contributed by atoms with Gasteiger partial charge in [-0.2, -0.15) is 15.4 Å². The minimum atomic E-state index is -0.138. The van der Waals surface area contributed by atoms with Crippen molar-refractivity contribution in [1.29, 1.82) is 0 Å². The molecule has 1 saturated heterocycles. The SMILES string of the molecule is O=C1CCCC(=O)N1.c1ccc2ncccc2c1.c1cn[nH]n1. The smallest absolute Gasteiger partial charge is 0.226 e. The molecular formula is C16H17N5O2. The van der Waals surface area contributed by atoms with Crippen LogP contribution in [-0.4, -0.2) is 32.2 Å². The number of fused-ring (bicyclic) bond motifs is 1. The second kappa shape index (κ2) is 9.04. The number of H-pyrrole nitrogens is 1. The Balaban J connectivity index is 0.000000133. The molecule has 4 rings (SSSR count). The summed E-state index contributed by atoms with van der Waals surface area (Å²) in [7, 11) is 0. The Morgan fingerprint density at radius 3 is 2.00 bits per heavy atom. The number of imide groups is 1. The fourth-order valence-electron chi connectivity index (χ4n) is 1.87. The molecule has 23 heavy (non-hydrogen) atoms. The Morgan fingerprint density at radius 2 is 1.48 bits per heavy atom. The summed E-state index contributed by atoms with van der Waals surface area (Å²) in [5.74, 6) is -0.275. The molecule has 7 nitrogen and oxygen atoms in total. The van der Waals surface area contributed by atoms with Gasteiger partial charge in [0.2, 0.25) is 11.8 Å². The number of hydrogen-bond donors (Lipinski definition) is 2. The van der Waals surface area contributed by atoms with Gasteiger partial charge in [-0.1, -0.05) is 24.3 Å². The van der Waals surface area contributed by atoms with E-state index in [9.17, 15) is 9.59 Å². The molecule has 2 amide bonds. The van der Waals surface area contributed by atoms with Gasteiger partial charge in [0.25, 0.3) is 0 Å². The topological polar surface area (TPSA) is 101 Å². The van der Waals surface area contributed by atoms with Gasteiger partial charge in [0.1, 0.15) is 0 Å². The summed E-state index contributed by atoms with van der Waals surface area (Å²) in [6, 6.07) is 12.1. The molecule has 0 saturated carbocycles. The molecule has 118 valence electrons. The van der Waals surface area contributed by atoms with Gasteiger partial charge < -0.3 is 0 Å². The molecule has 2 aromatic heterocycles. The first kappa shape index (κ1) is 16.3. The highest BCUT2D eigenvalue weighted by Crippen LogP contribution is 2.07. The van der Waals surface area contributed by atoms with Gasteiger partial charge in [0, 0.05) is 24.4 Å². The Bertz CT molecular complexity index is 646. The Kier molecular flexibility index (Phi) is 6.40. The van der Waals surface area contributed by atoms with Gasteiger partial charge in [-0.15, -0.1) is 0 Å². The van der Waals surface area contributed by atoms with E-state index in [1.165, 1.54) is 5.39 Å². The maximum Gasteiger partial charge on any atom is 0.226 e. The first-order valence-electron chi connectivity index (χ1n) is 7.18. The lowest BCUT2D eigenvalue weighted by atomic mass is 10.1. The number of nitrogens with one attached hydrogen (secondary N) is 2. The van der Waals surface area contributed by atoms with Crippen LogP contribution < -0.4 is 5.32 Å². The van der Waals surface area contributed by atoms with Crippen molar-refractivity contribution >= 4 is 22.7 Å². The lowest BCUT2D eigenvalue weighted by Crippen LogP contribution is -2.33. The largest absolute Gasteiger partial charge is 0.296 e. The quantitative estimate of drug-likeness (QED) is 0.617. The molecule has 3 heterocycles. The van der Waals surface area contributed by atoms with Gasteiger partial charge >= 0.3 is 0 Å². The van der Waals surface area contributed by atoms with Crippen molar-refractivity contribution in [2.75, 3.05) is 0 Å². The third-order valence-electron chi connectivity index (χ3n) is 2.93. The minimum absolute atomic E-state index is 0.138. The standard InChI is InChI=1S/C9H7N.C5H7NO2.C2H3N3/c1-2-6-9-8(4-1)5-3-7-10-9;7-4-2-1-3-5(8)6-4;1-2-4-5-3-1/h1-7H;1-3H2,(H,6,7,8);1-2H,(H,3,4,5). The molecule has 0 bridgehead atoms. The van der Waals surface area contributed by atoms with Gasteiger partial charge in [-0.25, -0.2) is 0 Å². The zero-order chi connectivity index (χ0) is 16.3. The van der Waals surface area contributed by atoms with Crippen LogP contribution in [0.1, 0.15) is 19.3 Å². The summed E-state index contributed by atoms with van der Waals surface area (Å²) in [5.41, 5.74) is 1.06. The molecule has 1 fully saturated rings. The lowest BCUT2D eigenvalue weighted by molar-refractivity contribution is -0.132. The number of carbonyl (C=O) groups excluding carboxylic acids is 2. The number of rotatable bonds is 0. The lowest BCUT2D eigenvalue weighted by Gasteiger charge is -2.07. The average molecular weight is 311 g/mol. The molecule has 0 spiro atoms. The average Bonchev–Trinajstić information content (AvgIpc) is 3.15. The van der Waals surface area contributed by atoms with E-state index in [1.54, 1.807) is 12.4 Å². The Labute approximate surface area is 133 Å². The van der Waals surface area contributed by atoms with E-state index in [2.05, 4.69) is 37.8 Å². The molecule has 0 radical (unpaired) electrons. The van der Waals surface area contributed by atoms with Crippen LogP contribution in [0.15, 0.2) is 55.0 Å². The van der Waals surface area contributed by atoms with Gasteiger partial charge in [0.15, 0.2) is 0 Å². The fourth-order valence-corrected chi connectivity index (χ4v) is 1.87. The normalized spacial score (nSPS) is 13.2. The number of amides is 2. The predicted molar refractivity (Wildman–Crippen MR) is 85.1 cm³/mol. The number of aromatic nitrogens is 4. The number of benzene rings is 1. The van der Waals surface area contributed by atoms with Gasteiger partial charge in [-0.05, 0) is 18.6 Å². The van der Waals surface area contributed by atoms with Gasteiger partial charge in [-0.3, -0.25) is 19.9 Å². The van der Waals surface area contributed by atoms with Gasteiger partial charge in [0.05, 0.1) is 17.9 Å². The molecule has 0 unspecified atom stereocenters. The zero-order valence-electron chi connectivity index (χ0n) is 12.5. The highest BCUT2D eigenvalue weighted by molar-refractivity contribution is 5.97. The Hall–Kier alpha value is -3.09. The summed E-state index contributed by atoms with van der Waals surface area (Å²) in [6.07, 6.45) is 6.70. The van der Waals surface area contributed by atoms with E-state index >= 15 is 0 Å². The van der Waals surface area contributed by atoms with Crippen molar-refractivity contribution in [2.24, 2.45) is 0 Å². The van der Waals surface area contributed by atoms with Crippen molar-refractivity contribution in [3.63, 3.8) is 0 Å². The molecule has 7 heteroatoms. The Morgan fingerprint density at radius 1 is 0.826 bits per heavy atom. The minimum Gasteiger partial charge on any atom is -0.296 e. The summed E-state index contributed by atoms with van der Waals surface area (Å²) >= 11 is 0. The summed E-state index contributed by atoms with van der Waals surface area (Å²) in [4.78, 5) is 24.9. The van der Waals surface area contributed by atoms with E-state index in [4.69, 9.17) is 0 Å². The summed E-state index contributed by atoms with van der Waals surface area (Å²) < 4.78 is 0. The van der Waals surface area contributed by atoms with Crippen LogP contribution in [0, 0.1) is 0 Å².